The molecule has 2 aromatic rings. The third-order valence-electron chi connectivity index (χ3n) is 4.14. The Bertz CT molecular complexity index is 748. The fourth-order valence-electron chi connectivity index (χ4n) is 2.75. The molecule has 0 amide bonds. The lowest BCUT2D eigenvalue weighted by Gasteiger charge is -2.34. The number of rotatable bonds is 3. The van der Waals surface area contributed by atoms with Crippen LogP contribution in [0.4, 0.5) is 5.82 Å². The quantitative estimate of drug-likeness (QED) is 0.852. The van der Waals surface area contributed by atoms with Crippen molar-refractivity contribution in [3.05, 3.63) is 34.8 Å². The minimum atomic E-state index is 0.0120. The first-order chi connectivity index (χ1) is 11.1. The summed E-state index contributed by atoms with van der Waals surface area (Å²) in [4.78, 5) is 2.09. The molecule has 0 aliphatic carbocycles. The molecular weight excluding hydrogens is 292 g/mol. The summed E-state index contributed by atoms with van der Waals surface area (Å²) in [7, 11) is 0. The smallest absolute Gasteiger partial charge is 0.169 e. The van der Waals surface area contributed by atoms with Gasteiger partial charge in [0.15, 0.2) is 5.82 Å². The highest BCUT2D eigenvalue weighted by atomic mass is 16.5. The molecule has 0 saturated carbocycles. The molecule has 0 bridgehead atoms. The van der Waals surface area contributed by atoms with Crippen LogP contribution in [0.15, 0.2) is 12.4 Å². The molecule has 0 unspecified atom stereocenters. The van der Waals surface area contributed by atoms with Crippen LogP contribution in [0.3, 0.4) is 0 Å². The lowest BCUT2D eigenvalue weighted by molar-refractivity contribution is 0.0271. The van der Waals surface area contributed by atoms with E-state index >= 15 is 0 Å². The third-order valence-corrected chi connectivity index (χ3v) is 4.14. The second-order valence-corrected chi connectivity index (χ2v) is 5.90. The molecule has 3 rings (SSSR count). The molecule has 0 spiro atoms. The van der Waals surface area contributed by atoms with Crippen molar-refractivity contribution in [1.29, 1.82) is 5.26 Å². The maximum absolute atomic E-state index is 9.47. The van der Waals surface area contributed by atoms with E-state index in [1.165, 1.54) is 0 Å². The Morgan fingerprint density at radius 3 is 2.87 bits per heavy atom. The van der Waals surface area contributed by atoms with Crippen molar-refractivity contribution in [2.75, 3.05) is 24.6 Å². The zero-order valence-corrected chi connectivity index (χ0v) is 13.7. The fourth-order valence-corrected chi connectivity index (χ4v) is 2.75. The van der Waals surface area contributed by atoms with Crippen molar-refractivity contribution >= 4 is 5.82 Å². The Morgan fingerprint density at radius 1 is 1.35 bits per heavy atom. The van der Waals surface area contributed by atoms with Crippen molar-refractivity contribution in [3.63, 3.8) is 0 Å². The summed E-state index contributed by atoms with van der Waals surface area (Å²) in [6.45, 7) is 8.47. The van der Waals surface area contributed by atoms with Gasteiger partial charge in [-0.05, 0) is 31.9 Å². The van der Waals surface area contributed by atoms with Gasteiger partial charge >= 0.3 is 0 Å². The van der Waals surface area contributed by atoms with Crippen molar-refractivity contribution in [2.45, 2.75) is 33.4 Å². The number of anilines is 1. The molecule has 3 heterocycles. The predicted octanol–water partition coefficient (Wildman–Crippen LogP) is 1.38. The number of hydrogen-bond donors (Lipinski definition) is 0. The standard InChI is InChI=1S/C16H20N6O/c1-11-7-18-22(8-11)10-14-9-21(4-5-23-14)16-15(6-17)12(2)13(3)19-20-16/h7-8,14H,4-5,9-10H2,1-3H3/t14-/m1/s1. The Hall–Kier alpha value is -2.46. The van der Waals surface area contributed by atoms with Gasteiger partial charge in [-0.1, -0.05) is 0 Å². The average Bonchev–Trinajstić information content (AvgIpc) is 2.95. The second-order valence-electron chi connectivity index (χ2n) is 5.90. The van der Waals surface area contributed by atoms with Gasteiger partial charge in [-0.3, -0.25) is 4.68 Å². The van der Waals surface area contributed by atoms with Crippen LogP contribution in [-0.4, -0.2) is 45.8 Å². The molecular formula is C16H20N6O. The first-order valence-electron chi connectivity index (χ1n) is 7.68. The molecule has 7 heteroatoms. The van der Waals surface area contributed by atoms with Crippen LogP contribution < -0.4 is 4.90 Å². The predicted molar refractivity (Wildman–Crippen MR) is 85.1 cm³/mol. The SMILES string of the molecule is Cc1cnn(C[C@H]2CN(c3nnc(C)c(C)c3C#N)CCO2)c1. The molecule has 1 aliphatic rings. The van der Waals surface area contributed by atoms with Crippen molar-refractivity contribution < 1.29 is 4.74 Å². The van der Waals surface area contributed by atoms with Gasteiger partial charge in [-0.2, -0.15) is 15.5 Å². The van der Waals surface area contributed by atoms with Gasteiger partial charge in [-0.25, -0.2) is 0 Å². The van der Waals surface area contributed by atoms with E-state index in [4.69, 9.17) is 4.74 Å². The molecule has 1 atom stereocenters. The van der Waals surface area contributed by atoms with E-state index in [1.807, 2.05) is 37.8 Å². The second kappa shape index (κ2) is 6.34. The number of ether oxygens (including phenoxy) is 1. The highest BCUT2D eigenvalue weighted by molar-refractivity contribution is 5.57. The largest absolute Gasteiger partial charge is 0.373 e. The van der Waals surface area contributed by atoms with Gasteiger partial charge < -0.3 is 9.64 Å². The zero-order valence-electron chi connectivity index (χ0n) is 13.7. The number of aromatic nitrogens is 4. The zero-order chi connectivity index (χ0) is 16.4. The van der Waals surface area contributed by atoms with Crippen molar-refractivity contribution in [1.82, 2.24) is 20.0 Å². The topological polar surface area (TPSA) is 79.9 Å². The van der Waals surface area contributed by atoms with Crippen LogP contribution in [0.25, 0.3) is 0 Å². The van der Waals surface area contributed by atoms with Gasteiger partial charge in [0.25, 0.3) is 0 Å². The van der Waals surface area contributed by atoms with Gasteiger partial charge in [0.1, 0.15) is 11.6 Å². The minimum absolute atomic E-state index is 0.0120. The Labute approximate surface area is 135 Å². The Balaban J connectivity index is 1.79. The van der Waals surface area contributed by atoms with E-state index in [0.29, 0.717) is 37.6 Å². The molecule has 1 saturated heterocycles. The summed E-state index contributed by atoms with van der Waals surface area (Å²) in [6.07, 6.45) is 3.85. The molecule has 0 aromatic carbocycles. The van der Waals surface area contributed by atoms with Gasteiger partial charge in [0.2, 0.25) is 0 Å². The minimum Gasteiger partial charge on any atom is -0.373 e. The van der Waals surface area contributed by atoms with Crippen LogP contribution in [0.2, 0.25) is 0 Å². The molecule has 1 fully saturated rings. The highest BCUT2D eigenvalue weighted by Crippen LogP contribution is 2.23. The number of nitriles is 1. The van der Waals surface area contributed by atoms with Crippen LogP contribution in [-0.2, 0) is 11.3 Å². The van der Waals surface area contributed by atoms with E-state index in [0.717, 1.165) is 16.8 Å². The summed E-state index contributed by atoms with van der Waals surface area (Å²) in [5.41, 5.74) is 3.42. The monoisotopic (exact) mass is 312 g/mol. The summed E-state index contributed by atoms with van der Waals surface area (Å²) >= 11 is 0. The first kappa shape index (κ1) is 15.4. The van der Waals surface area contributed by atoms with E-state index in [1.54, 1.807) is 0 Å². The number of aryl methyl sites for hydroxylation is 2. The molecule has 23 heavy (non-hydrogen) atoms. The average molecular weight is 312 g/mol. The third kappa shape index (κ3) is 3.17. The maximum Gasteiger partial charge on any atom is 0.169 e. The molecule has 0 radical (unpaired) electrons. The first-order valence-corrected chi connectivity index (χ1v) is 7.68. The molecule has 7 nitrogen and oxygen atoms in total. The number of nitrogens with zero attached hydrogens (tertiary/aromatic N) is 6. The summed E-state index contributed by atoms with van der Waals surface area (Å²) < 4.78 is 7.73. The summed E-state index contributed by atoms with van der Waals surface area (Å²) in [6, 6.07) is 2.27. The van der Waals surface area contributed by atoms with Gasteiger partial charge in [0.05, 0.1) is 31.1 Å². The van der Waals surface area contributed by atoms with E-state index < -0.39 is 0 Å². The molecule has 2 aromatic heterocycles. The Morgan fingerprint density at radius 2 is 2.17 bits per heavy atom. The summed E-state index contributed by atoms with van der Waals surface area (Å²) in [5.74, 6) is 0.653. The van der Waals surface area contributed by atoms with Crippen molar-refractivity contribution in [2.24, 2.45) is 0 Å². The lowest BCUT2D eigenvalue weighted by atomic mass is 10.1. The maximum atomic E-state index is 9.47. The molecule has 0 N–H and O–H groups in total. The number of morpholine rings is 1. The summed E-state index contributed by atoms with van der Waals surface area (Å²) in [5, 5.41) is 22.2. The molecule has 1 aliphatic heterocycles. The van der Waals surface area contributed by atoms with E-state index in [9.17, 15) is 5.26 Å². The van der Waals surface area contributed by atoms with E-state index in [2.05, 4.69) is 26.3 Å². The lowest BCUT2D eigenvalue weighted by Crippen LogP contribution is -2.45. The number of hydrogen-bond acceptors (Lipinski definition) is 6. The van der Waals surface area contributed by atoms with Gasteiger partial charge in [-0.15, -0.1) is 5.10 Å². The van der Waals surface area contributed by atoms with Crippen LogP contribution in [0.5, 0.6) is 0 Å². The Kier molecular flexibility index (Phi) is 4.26. The molecule has 120 valence electrons. The van der Waals surface area contributed by atoms with E-state index in [-0.39, 0.29) is 6.10 Å². The van der Waals surface area contributed by atoms with Gasteiger partial charge in [0, 0.05) is 19.3 Å². The van der Waals surface area contributed by atoms with Crippen LogP contribution in [0, 0.1) is 32.1 Å². The fraction of sp³-hybridized carbons (Fsp3) is 0.500. The highest BCUT2D eigenvalue weighted by Gasteiger charge is 2.25. The normalized spacial score (nSPS) is 18.0. The van der Waals surface area contributed by atoms with Crippen LogP contribution in [0.1, 0.15) is 22.4 Å². The van der Waals surface area contributed by atoms with Crippen molar-refractivity contribution in [3.8, 4) is 6.07 Å². The van der Waals surface area contributed by atoms with Crippen LogP contribution >= 0.6 is 0 Å².